The van der Waals surface area contributed by atoms with Gasteiger partial charge in [0.15, 0.2) is 0 Å². The van der Waals surface area contributed by atoms with E-state index in [0.717, 1.165) is 38.2 Å². The maximum absolute atomic E-state index is 12.3. The number of nitrogens with two attached hydrogens (primary N) is 1. The second kappa shape index (κ2) is 9.14. The number of benzene rings is 1. The molecule has 0 spiro atoms. The molecule has 0 bridgehead atoms. The predicted molar refractivity (Wildman–Crippen MR) is 98.5 cm³/mol. The Balaban J connectivity index is 0.00000264. The number of rotatable bonds is 5. The van der Waals surface area contributed by atoms with Crippen LogP contribution in [0.5, 0.6) is 0 Å². The van der Waals surface area contributed by atoms with Crippen molar-refractivity contribution in [1.82, 2.24) is 10.2 Å². The lowest BCUT2D eigenvalue weighted by Crippen LogP contribution is -2.44. The van der Waals surface area contributed by atoms with Crippen LogP contribution in [0, 0.1) is 11.8 Å². The Kier molecular flexibility index (Phi) is 7.86. The Hall–Kier alpha value is -1.26. The molecule has 1 amide bonds. The molecule has 1 atom stereocenters. The van der Waals surface area contributed by atoms with Crippen molar-refractivity contribution in [2.75, 3.05) is 18.8 Å². The van der Waals surface area contributed by atoms with Crippen molar-refractivity contribution in [3.63, 3.8) is 0 Å². The van der Waals surface area contributed by atoms with Crippen molar-refractivity contribution in [3.8, 4) is 0 Å². The summed E-state index contributed by atoms with van der Waals surface area (Å²) in [7, 11) is 0. The molecule has 1 saturated heterocycles. The molecule has 0 radical (unpaired) electrons. The minimum atomic E-state index is 0. The Morgan fingerprint density at radius 2 is 1.96 bits per heavy atom. The predicted octanol–water partition coefficient (Wildman–Crippen LogP) is 3.06. The number of hydrogen-bond donors (Lipinski definition) is 2. The molecule has 0 aromatic heterocycles. The molecule has 1 heterocycles. The number of carbonyl (C=O) groups excluding carboxylic acids is 1. The van der Waals surface area contributed by atoms with Gasteiger partial charge in [-0.3, -0.25) is 9.69 Å². The standard InChI is InChI=1S/C18H29N3O.ClH/c1-13(2)14(3)20-18(22)16-7-9-21(10-8-16)12-15-5-4-6-17(19)11-15;/h4-6,11,13-14,16H,7-10,12,19H2,1-3H3,(H,20,22);1H. The summed E-state index contributed by atoms with van der Waals surface area (Å²) >= 11 is 0. The molecular formula is C18H30ClN3O. The van der Waals surface area contributed by atoms with Crippen molar-refractivity contribution < 1.29 is 4.79 Å². The topological polar surface area (TPSA) is 58.4 Å². The van der Waals surface area contributed by atoms with Gasteiger partial charge in [-0.2, -0.15) is 0 Å². The van der Waals surface area contributed by atoms with Crippen molar-refractivity contribution in [2.24, 2.45) is 11.8 Å². The fourth-order valence-electron chi connectivity index (χ4n) is 2.81. The number of piperidine rings is 1. The van der Waals surface area contributed by atoms with E-state index in [9.17, 15) is 4.79 Å². The van der Waals surface area contributed by atoms with Crippen LogP contribution in [-0.4, -0.2) is 29.9 Å². The van der Waals surface area contributed by atoms with Crippen molar-refractivity contribution in [1.29, 1.82) is 0 Å². The van der Waals surface area contributed by atoms with Gasteiger partial charge in [0.1, 0.15) is 0 Å². The number of nitrogen functional groups attached to an aromatic ring is 1. The second-order valence-electron chi connectivity index (χ2n) is 6.84. The third-order valence-corrected chi connectivity index (χ3v) is 4.69. The third kappa shape index (κ3) is 6.04. The third-order valence-electron chi connectivity index (χ3n) is 4.69. The first-order chi connectivity index (χ1) is 10.5. The highest BCUT2D eigenvalue weighted by molar-refractivity contribution is 5.85. The van der Waals surface area contributed by atoms with Crippen LogP contribution < -0.4 is 11.1 Å². The lowest BCUT2D eigenvalue weighted by Gasteiger charge is -2.32. The van der Waals surface area contributed by atoms with E-state index >= 15 is 0 Å². The smallest absolute Gasteiger partial charge is 0.223 e. The Labute approximate surface area is 146 Å². The van der Waals surface area contributed by atoms with Gasteiger partial charge in [0.05, 0.1) is 0 Å². The van der Waals surface area contributed by atoms with Crippen LogP contribution in [0.3, 0.4) is 0 Å². The molecule has 5 heteroatoms. The summed E-state index contributed by atoms with van der Waals surface area (Å²) in [6.45, 7) is 9.23. The fourth-order valence-corrected chi connectivity index (χ4v) is 2.81. The summed E-state index contributed by atoms with van der Waals surface area (Å²) in [6.07, 6.45) is 1.89. The van der Waals surface area contributed by atoms with Gasteiger partial charge in [0.25, 0.3) is 0 Å². The lowest BCUT2D eigenvalue weighted by molar-refractivity contribution is -0.127. The zero-order valence-electron chi connectivity index (χ0n) is 14.4. The number of anilines is 1. The van der Waals surface area contributed by atoms with E-state index in [1.807, 2.05) is 18.2 Å². The summed E-state index contributed by atoms with van der Waals surface area (Å²) in [5, 5.41) is 3.15. The number of nitrogens with zero attached hydrogens (tertiary/aromatic N) is 1. The van der Waals surface area contributed by atoms with Crippen LogP contribution in [-0.2, 0) is 11.3 Å². The highest BCUT2D eigenvalue weighted by Gasteiger charge is 2.26. The van der Waals surface area contributed by atoms with E-state index in [1.165, 1.54) is 5.56 Å². The molecule has 2 rings (SSSR count). The van der Waals surface area contributed by atoms with Gasteiger partial charge in [-0.05, 0) is 56.5 Å². The highest BCUT2D eigenvalue weighted by atomic mass is 35.5. The summed E-state index contributed by atoms with van der Waals surface area (Å²) in [5.74, 6) is 0.871. The van der Waals surface area contributed by atoms with E-state index in [2.05, 4.69) is 37.1 Å². The Morgan fingerprint density at radius 1 is 1.30 bits per heavy atom. The summed E-state index contributed by atoms with van der Waals surface area (Å²) < 4.78 is 0. The summed E-state index contributed by atoms with van der Waals surface area (Å²) in [6, 6.07) is 8.30. The molecule has 1 unspecified atom stereocenters. The van der Waals surface area contributed by atoms with Gasteiger partial charge in [-0.25, -0.2) is 0 Å². The van der Waals surface area contributed by atoms with Crippen molar-refractivity contribution in [3.05, 3.63) is 29.8 Å². The number of nitrogens with one attached hydrogen (secondary N) is 1. The maximum Gasteiger partial charge on any atom is 0.223 e. The van der Waals surface area contributed by atoms with Crippen LogP contribution in [0.1, 0.15) is 39.2 Å². The van der Waals surface area contributed by atoms with Crippen LogP contribution in [0.15, 0.2) is 24.3 Å². The number of amides is 1. The molecule has 23 heavy (non-hydrogen) atoms. The van der Waals surface area contributed by atoms with Gasteiger partial charge in [-0.15, -0.1) is 12.4 Å². The molecule has 0 aliphatic carbocycles. The van der Waals surface area contributed by atoms with Gasteiger partial charge < -0.3 is 11.1 Å². The zero-order chi connectivity index (χ0) is 16.1. The normalized spacial score (nSPS) is 17.6. The van der Waals surface area contributed by atoms with Crippen LogP contribution in [0.4, 0.5) is 5.69 Å². The first-order valence-corrected chi connectivity index (χ1v) is 8.33. The minimum Gasteiger partial charge on any atom is -0.399 e. The molecular weight excluding hydrogens is 310 g/mol. The van der Waals surface area contributed by atoms with Gasteiger partial charge >= 0.3 is 0 Å². The molecule has 1 aromatic rings. The molecule has 4 nitrogen and oxygen atoms in total. The van der Waals surface area contributed by atoms with Crippen molar-refractivity contribution in [2.45, 2.75) is 46.2 Å². The second-order valence-corrected chi connectivity index (χ2v) is 6.84. The van der Waals surface area contributed by atoms with Gasteiger partial charge in [-0.1, -0.05) is 26.0 Å². The number of halogens is 1. The van der Waals surface area contributed by atoms with Gasteiger partial charge in [0, 0.05) is 24.2 Å². The first kappa shape index (κ1) is 19.8. The molecule has 1 aliphatic rings. The van der Waals surface area contributed by atoms with Gasteiger partial charge in [0.2, 0.25) is 5.91 Å². The van der Waals surface area contributed by atoms with E-state index in [4.69, 9.17) is 5.73 Å². The van der Waals surface area contributed by atoms with Crippen LogP contribution >= 0.6 is 12.4 Å². The van der Waals surface area contributed by atoms with E-state index in [1.54, 1.807) is 0 Å². The molecule has 1 aromatic carbocycles. The average Bonchev–Trinajstić information content (AvgIpc) is 2.47. The highest BCUT2D eigenvalue weighted by Crippen LogP contribution is 2.20. The minimum absolute atomic E-state index is 0. The Morgan fingerprint density at radius 3 is 2.52 bits per heavy atom. The number of hydrogen-bond acceptors (Lipinski definition) is 3. The number of carbonyl (C=O) groups is 1. The number of likely N-dealkylation sites (tertiary alicyclic amines) is 1. The first-order valence-electron chi connectivity index (χ1n) is 8.33. The molecule has 130 valence electrons. The molecule has 1 aliphatic heterocycles. The molecule has 1 fully saturated rings. The fraction of sp³-hybridized carbons (Fsp3) is 0.611. The van der Waals surface area contributed by atoms with E-state index in [0.29, 0.717) is 5.92 Å². The molecule has 3 N–H and O–H groups in total. The summed E-state index contributed by atoms with van der Waals surface area (Å²) in [4.78, 5) is 14.7. The monoisotopic (exact) mass is 339 g/mol. The van der Waals surface area contributed by atoms with Crippen LogP contribution in [0.2, 0.25) is 0 Å². The van der Waals surface area contributed by atoms with E-state index in [-0.39, 0.29) is 30.3 Å². The van der Waals surface area contributed by atoms with E-state index < -0.39 is 0 Å². The van der Waals surface area contributed by atoms with Crippen LogP contribution in [0.25, 0.3) is 0 Å². The maximum atomic E-state index is 12.3. The zero-order valence-corrected chi connectivity index (χ0v) is 15.2. The van der Waals surface area contributed by atoms with Crippen molar-refractivity contribution >= 4 is 24.0 Å². The largest absolute Gasteiger partial charge is 0.399 e. The lowest BCUT2D eigenvalue weighted by atomic mass is 9.94. The average molecular weight is 340 g/mol. The quantitative estimate of drug-likeness (QED) is 0.810. The summed E-state index contributed by atoms with van der Waals surface area (Å²) in [5.41, 5.74) is 7.89. The Bertz CT molecular complexity index is 499. The molecule has 0 saturated carbocycles. The SMILES string of the molecule is CC(C)C(C)NC(=O)C1CCN(Cc2cccc(N)c2)CC1.Cl.